The Morgan fingerprint density at radius 1 is 1.44 bits per heavy atom. The summed E-state index contributed by atoms with van der Waals surface area (Å²) in [4.78, 5) is 1.41. The van der Waals surface area contributed by atoms with Crippen molar-refractivity contribution in [2.45, 2.75) is 37.1 Å². The lowest BCUT2D eigenvalue weighted by molar-refractivity contribution is 0.402. The number of methoxy groups -OCH3 is 1. The monoisotopic (exact) mass is 237 g/mol. The summed E-state index contributed by atoms with van der Waals surface area (Å²) in [7, 11) is 1.74. The summed E-state index contributed by atoms with van der Waals surface area (Å²) in [5, 5.41) is 0. The SMILES string of the molecule is CCSc1ccc(OC)c2c1CCC(N)C2. The van der Waals surface area contributed by atoms with Crippen LogP contribution in [0.2, 0.25) is 0 Å². The van der Waals surface area contributed by atoms with Gasteiger partial charge in [0, 0.05) is 10.9 Å². The van der Waals surface area contributed by atoms with Crippen LogP contribution >= 0.6 is 11.8 Å². The zero-order chi connectivity index (χ0) is 11.5. The Kier molecular flexibility index (Phi) is 3.77. The van der Waals surface area contributed by atoms with Gasteiger partial charge in [0.05, 0.1) is 7.11 Å². The summed E-state index contributed by atoms with van der Waals surface area (Å²) >= 11 is 1.91. The molecule has 3 heteroatoms. The van der Waals surface area contributed by atoms with E-state index >= 15 is 0 Å². The van der Waals surface area contributed by atoms with Gasteiger partial charge in [0.2, 0.25) is 0 Å². The summed E-state index contributed by atoms with van der Waals surface area (Å²) in [5.41, 5.74) is 8.83. The summed E-state index contributed by atoms with van der Waals surface area (Å²) < 4.78 is 5.43. The molecular formula is C13H19NOS. The summed E-state index contributed by atoms with van der Waals surface area (Å²) in [6.45, 7) is 2.19. The number of fused-ring (bicyclic) bond motifs is 1. The molecule has 0 radical (unpaired) electrons. The Labute approximate surface area is 102 Å². The Bertz CT molecular complexity index is 378. The van der Waals surface area contributed by atoms with Gasteiger partial charge in [-0.05, 0) is 48.3 Å². The molecule has 2 rings (SSSR count). The van der Waals surface area contributed by atoms with Crippen molar-refractivity contribution in [1.29, 1.82) is 0 Å². The second kappa shape index (κ2) is 5.11. The van der Waals surface area contributed by atoms with Crippen molar-refractivity contribution < 1.29 is 4.74 Å². The molecule has 0 spiro atoms. The molecule has 0 saturated heterocycles. The molecule has 0 aromatic heterocycles. The number of benzene rings is 1. The first-order valence-electron chi connectivity index (χ1n) is 5.83. The minimum atomic E-state index is 0.295. The van der Waals surface area contributed by atoms with E-state index in [1.54, 1.807) is 7.11 Å². The van der Waals surface area contributed by atoms with Crippen molar-refractivity contribution >= 4 is 11.8 Å². The first-order chi connectivity index (χ1) is 7.76. The lowest BCUT2D eigenvalue weighted by atomic mass is 9.88. The molecule has 1 atom stereocenters. The van der Waals surface area contributed by atoms with Gasteiger partial charge in [-0.3, -0.25) is 0 Å². The average Bonchev–Trinajstić information content (AvgIpc) is 2.29. The van der Waals surface area contributed by atoms with Gasteiger partial charge < -0.3 is 10.5 Å². The Balaban J connectivity index is 2.42. The number of ether oxygens (including phenoxy) is 1. The molecule has 0 fully saturated rings. The van der Waals surface area contributed by atoms with Gasteiger partial charge in [-0.1, -0.05) is 6.92 Å². The first-order valence-corrected chi connectivity index (χ1v) is 6.82. The minimum Gasteiger partial charge on any atom is -0.496 e. The van der Waals surface area contributed by atoms with Crippen LogP contribution < -0.4 is 10.5 Å². The fraction of sp³-hybridized carbons (Fsp3) is 0.538. The van der Waals surface area contributed by atoms with Crippen molar-refractivity contribution in [2.24, 2.45) is 5.73 Å². The highest BCUT2D eigenvalue weighted by atomic mass is 32.2. The van der Waals surface area contributed by atoms with E-state index in [0.29, 0.717) is 6.04 Å². The van der Waals surface area contributed by atoms with Gasteiger partial charge in [0.25, 0.3) is 0 Å². The molecule has 1 aromatic carbocycles. The fourth-order valence-electron chi connectivity index (χ4n) is 2.32. The molecule has 0 heterocycles. The van der Waals surface area contributed by atoms with E-state index in [0.717, 1.165) is 30.8 Å². The van der Waals surface area contributed by atoms with Crippen LogP contribution in [0.25, 0.3) is 0 Å². The van der Waals surface area contributed by atoms with Crippen LogP contribution in [0, 0.1) is 0 Å². The lowest BCUT2D eigenvalue weighted by Gasteiger charge is -2.25. The summed E-state index contributed by atoms with van der Waals surface area (Å²) in [6, 6.07) is 4.56. The van der Waals surface area contributed by atoms with Gasteiger partial charge in [-0.15, -0.1) is 11.8 Å². The third-order valence-corrected chi connectivity index (χ3v) is 4.08. The molecule has 88 valence electrons. The molecule has 0 amide bonds. The second-order valence-corrected chi connectivity index (χ2v) is 5.46. The normalized spacial score (nSPS) is 19.3. The van der Waals surface area contributed by atoms with E-state index in [-0.39, 0.29) is 0 Å². The number of nitrogens with two attached hydrogens (primary N) is 1. The van der Waals surface area contributed by atoms with Crippen LogP contribution in [0.4, 0.5) is 0 Å². The van der Waals surface area contributed by atoms with Crippen molar-refractivity contribution in [3.8, 4) is 5.75 Å². The molecule has 1 aliphatic carbocycles. The number of hydrogen-bond donors (Lipinski definition) is 1. The van der Waals surface area contributed by atoms with E-state index in [1.807, 2.05) is 11.8 Å². The van der Waals surface area contributed by atoms with Gasteiger partial charge in [-0.2, -0.15) is 0 Å². The summed E-state index contributed by atoms with van der Waals surface area (Å²) in [6.07, 6.45) is 3.14. The lowest BCUT2D eigenvalue weighted by Crippen LogP contribution is -2.28. The largest absolute Gasteiger partial charge is 0.496 e. The smallest absolute Gasteiger partial charge is 0.122 e. The quantitative estimate of drug-likeness (QED) is 0.821. The number of hydrogen-bond acceptors (Lipinski definition) is 3. The molecule has 0 bridgehead atoms. The maximum atomic E-state index is 6.03. The molecular weight excluding hydrogens is 218 g/mol. The predicted molar refractivity (Wildman–Crippen MR) is 69.4 cm³/mol. The van der Waals surface area contributed by atoms with Gasteiger partial charge >= 0.3 is 0 Å². The highest BCUT2D eigenvalue weighted by Crippen LogP contribution is 2.36. The highest BCUT2D eigenvalue weighted by Gasteiger charge is 2.21. The van der Waals surface area contributed by atoms with E-state index in [1.165, 1.54) is 16.0 Å². The third-order valence-electron chi connectivity index (χ3n) is 3.10. The maximum absolute atomic E-state index is 6.03. The molecule has 1 aliphatic rings. The second-order valence-electron chi connectivity index (χ2n) is 4.16. The number of thioether (sulfide) groups is 1. The minimum absolute atomic E-state index is 0.295. The average molecular weight is 237 g/mol. The molecule has 1 aromatic rings. The fourth-order valence-corrected chi connectivity index (χ4v) is 3.20. The molecule has 0 saturated carbocycles. The number of rotatable bonds is 3. The van der Waals surface area contributed by atoms with Crippen LogP contribution in [0.5, 0.6) is 5.75 Å². The van der Waals surface area contributed by atoms with Crippen LogP contribution in [-0.2, 0) is 12.8 Å². The van der Waals surface area contributed by atoms with Gasteiger partial charge in [0.15, 0.2) is 0 Å². The molecule has 16 heavy (non-hydrogen) atoms. The molecule has 2 N–H and O–H groups in total. The van der Waals surface area contributed by atoms with Gasteiger partial charge in [0.1, 0.15) is 5.75 Å². The highest BCUT2D eigenvalue weighted by molar-refractivity contribution is 7.99. The van der Waals surface area contributed by atoms with Gasteiger partial charge in [-0.25, -0.2) is 0 Å². The van der Waals surface area contributed by atoms with Crippen molar-refractivity contribution in [3.05, 3.63) is 23.3 Å². The van der Waals surface area contributed by atoms with Crippen molar-refractivity contribution in [1.82, 2.24) is 0 Å². The Morgan fingerprint density at radius 2 is 2.25 bits per heavy atom. The molecule has 0 aliphatic heterocycles. The standard InChI is InChI=1S/C13H19NOS/c1-3-16-13-7-6-12(15-2)11-8-9(14)4-5-10(11)13/h6-7,9H,3-5,8,14H2,1-2H3. The Morgan fingerprint density at radius 3 is 2.94 bits per heavy atom. The molecule has 2 nitrogen and oxygen atoms in total. The Hall–Kier alpha value is -0.670. The maximum Gasteiger partial charge on any atom is 0.122 e. The van der Waals surface area contributed by atoms with Crippen LogP contribution in [0.1, 0.15) is 24.5 Å². The topological polar surface area (TPSA) is 35.2 Å². The zero-order valence-corrected chi connectivity index (χ0v) is 10.8. The van der Waals surface area contributed by atoms with E-state index in [4.69, 9.17) is 10.5 Å². The summed E-state index contributed by atoms with van der Waals surface area (Å²) in [5.74, 6) is 2.12. The van der Waals surface area contributed by atoms with Crippen LogP contribution in [-0.4, -0.2) is 18.9 Å². The van der Waals surface area contributed by atoms with Crippen molar-refractivity contribution in [2.75, 3.05) is 12.9 Å². The predicted octanol–water partition coefficient (Wildman–Crippen LogP) is 2.62. The van der Waals surface area contributed by atoms with E-state index < -0.39 is 0 Å². The first kappa shape index (κ1) is 11.8. The third kappa shape index (κ3) is 2.20. The van der Waals surface area contributed by atoms with E-state index in [2.05, 4.69) is 19.1 Å². The van der Waals surface area contributed by atoms with Crippen LogP contribution in [0.15, 0.2) is 17.0 Å². The van der Waals surface area contributed by atoms with E-state index in [9.17, 15) is 0 Å². The zero-order valence-electron chi connectivity index (χ0n) is 9.95. The van der Waals surface area contributed by atoms with Crippen molar-refractivity contribution in [3.63, 3.8) is 0 Å². The molecule has 1 unspecified atom stereocenters. The van der Waals surface area contributed by atoms with Crippen LogP contribution in [0.3, 0.4) is 0 Å².